The highest BCUT2D eigenvalue weighted by molar-refractivity contribution is 6.99. The van der Waals surface area contributed by atoms with Gasteiger partial charge in [0.05, 0.1) is 24.4 Å². The summed E-state index contributed by atoms with van der Waals surface area (Å²) in [6.07, 6.45) is 5.84. The summed E-state index contributed by atoms with van der Waals surface area (Å²) in [5, 5.41) is 36.1. The molecule has 3 aliphatic rings. The molecule has 1 heterocycles. The lowest BCUT2D eigenvalue weighted by Gasteiger charge is -2.53. The monoisotopic (exact) mass is 636 g/mol. The van der Waals surface area contributed by atoms with Gasteiger partial charge in [-0.2, -0.15) is 0 Å². The second-order valence-electron chi connectivity index (χ2n) is 15.5. The molecule has 0 radical (unpaired) electrons. The summed E-state index contributed by atoms with van der Waals surface area (Å²) in [6, 6.07) is 21.5. The number of fused-ring (bicyclic) bond motifs is 1. The summed E-state index contributed by atoms with van der Waals surface area (Å²) in [5.41, 5.74) is -1.40. The molecule has 3 N–H and O–H groups in total. The Kier molecular flexibility index (Phi) is 10.2. The standard InChI is InChI=1S/C38H56O6Si/c1-26-20-22-38(41)34(33(39)24-27(2)35(38)40)32(26)19-18-28-25-29(44-37(6,7)43-28)21-23-42-45(36(3,4)5,30-14-10-8-11-15-30)31-16-12-9-13-17-31/h8-17,20,22,26-29,32-35,39-41H,18-19,21,23-25H2,1-7H3/t26-,27+,28+,29-,32-,33-,34-,35+,38?/m0/s1. The van der Waals surface area contributed by atoms with Crippen LogP contribution in [0.15, 0.2) is 72.8 Å². The van der Waals surface area contributed by atoms with Gasteiger partial charge in [-0.05, 0) is 72.7 Å². The summed E-state index contributed by atoms with van der Waals surface area (Å²) >= 11 is 0. The molecular formula is C38H56O6Si. The number of allylic oxidation sites excluding steroid dienone is 1. The topological polar surface area (TPSA) is 88.4 Å². The van der Waals surface area contributed by atoms with Crippen molar-refractivity contribution in [2.24, 2.45) is 23.7 Å². The molecule has 1 saturated heterocycles. The van der Waals surface area contributed by atoms with Gasteiger partial charge in [0, 0.05) is 18.9 Å². The Labute approximate surface area is 271 Å². The van der Waals surface area contributed by atoms with E-state index in [-0.39, 0.29) is 35.0 Å². The van der Waals surface area contributed by atoms with Gasteiger partial charge in [-0.15, -0.1) is 0 Å². The average Bonchev–Trinajstić information content (AvgIpc) is 2.98. The minimum absolute atomic E-state index is 0.0117. The van der Waals surface area contributed by atoms with Crippen molar-refractivity contribution >= 4 is 18.7 Å². The van der Waals surface area contributed by atoms with E-state index in [0.717, 1.165) is 25.7 Å². The van der Waals surface area contributed by atoms with E-state index in [0.29, 0.717) is 13.0 Å². The summed E-state index contributed by atoms with van der Waals surface area (Å²) < 4.78 is 20.1. The van der Waals surface area contributed by atoms with Crippen LogP contribution in [0.25, 0.3) is 0 Å². The van der Waals surface area contributed by atoms with Crippen molar-refractivity contribution in [2.45, 2.75) is 121 Å². The van der Waals surface area contributed by atoms with Crippen LogP contribution >= 0.6 is 0 Å². The number of rotatable bonds is 9. The highest BCUT2D eigenvalue weighted by Crippen LogP contribution is 2.49. The number of ether oxygens (including phenoxy) is 2. The Morgan fingerprint density at radius 3 is 1.96 bits per heavy atom. The summed E-state index contributed by atoms with van der Waals surface area (Å²) in [7, 11) is -2.63. The lowest BCUT2D eigenvalue weighted by atomic mass is 9.57. The van der Waals surface area contributed by atoms with E-state index >= 15 is 0 Å². The largest absolute Gasteiger partial charge is 0.407 e. The third-order valence-corrected chi connectivity index (χ3v) is 15.8. The van der Waals surface area contributed by atoms with E-state index in [4.69, 9.17) is 13.9 Å². The number of benzene rings is 2. The predicted octanol–water partition coefficient (Wildman–Crippen LogP) is 5.57. The summed E-state index contributed by atoms with van der Waals surface area (Å²) in [5.74, 6) is -1.05. The van der Waals surface area contributed by atoms with Gasteiger partial charge < -0.3 is 29.2 Å². The Hall–Kier alpha value is -1.84. The van der Waals surface area contributed by atoms with Crippen LogP contribution in [0.5, 0.6) is 0 Å². The molecule has 0 aromatic heterocycles. The Balaban J connectivity index is 1.29. The predicted molar refractivity (Wildman–Crippen MR) is 182 cm³/mol. The molecule has 0 spiro atoms. The van der Waals surface area contributed by atoms with Crippen molar-refractivity contribution in [3.8, 4) is 0 Å². The fourth-order valence-corrected chi connectivity index (χ4v) is 13.3. The summed E-state index contributed by atoms with van der Waals surface area (Å²) in [4.78, 5) is 0. The lowest BCUT2D eigenvalue weighted by molar-refractivity contribution is -0.302. The van der Waals surface area contributed by atoms with Crippen molar-refractivity contribution in [1.29, 1.82) is 0 Å². The molecule has 9 atom stereocenters. The highest BCUT2D eigenvalue weighted by Gasteiger charge is 2.56. The molecule has 45 heavy (non-hydrogen) atoms. The maximum atomic E-state index is 11.6. The van der Waals surface area contributed by atoms with E-state index in [9.17, 15) is 15.3 Å². The van der Waals surface area contributed by atoms with E-state index in [1.54, 1.807) is 6.08 Å². The number of hydrogen-bond acceptors (Lipinski definition) is 6. The molecule has 1 aliphatic heterocycles. The van der Waals surface area contributed by atoms with Crippen molar-refractivity contribution in [1.82, 2.24) is 0 Å². The highest BCUT2D eigenvalue weighted by atomic mass is 28.4. The first-order chi connectivity index (χ1) is 21.2. The molecule has 7 heteroatoms. The van der Waals surface area contributed by atoms with Gasteiger partial charge in [0.2, 0.25) is 0 Å². The van der Waals surface area contributed by atoms with Crippen LogP contribution in [0.2, 0.25) is 5.04 Å². The van der Waals surface area contributed by atoms with Crippen LogP contribution in [0, 0.1) is 23.7 Å². The van der Waals surface area contributed by atoms with Crippen LogP contribution in [0.4, 0.5) is 0 Å². The van der Waals surface area contributed by atoms with Crippen molar-refractivity contribution in [3.05, 3.63) is 72.8 Å². The zero-order valence-electron chi connectivity index (χ0n) is 28.4. The van der Waals surface area contributed by atoms with Gasteiger partial charge in [0.1, 0.15) is 5.60 Å². The van der Waals surface area contributed by atoms with Crippen LogP contribution in [0.3, 0.4) is 0 Å². The SMILES string of the molecule is C[C@@H]1C[C@H](O)[C@@H]2[C@@H](CC[C@@H]3C[C@H](CCO[Si](c4ccccc4)(c4ccccc4)C(C)(C)C)OC(C)(C)O3)[C@@H](C)C=CC2(O)[C@@H]1O. The van der Waals surface area contributed by atoms with Gasteiger partial charge in [-0.25, -0.2) is 0 Å². The summed E-state index contributed by atoms with van der Waals surface area (Å²) in [6.45, 7) is 15.5. The minimum atomic E-state index is -2.63. The molecule has 0 amide bonds. The first-order valence-corrected chi connectivity index (χ1v) is 19.0. The quantitative estimate of drug-likeness (QED) is 0.246. The molecule has 2 aliphatic carbocycles. The first-order valence-electron chi connectivity index (χ1n) is 17.1. The van der Waals surface area contributed by atoms with Crippen LogP contribution < -0.4 is 10.4 Å². The maximum absolute atomic E-state index is 11.6. The van der Waals surface area contributed by atoms with Gasteiger partial charge in [-0.3, -0.25) is 0 Å². The number of hydrogen-bond donors (Lipinski definition) is 3. The fraction of sp³-hybridized carbons (Fsp3) is 0.632. The number of aliphatic hydroxyl groups is 3. The van der Waals surface area contributed by atoms with Gasteiger partial charge in [-0.1, -0.05) is 107 Å². The van der Waals surface area contributed by atoms with Crippen LogP contribution in [0.1, 0.15) is 80.6 Å². The molecule has 2 aromatic rings. The molecule has 6 nitrogen and oxygen atoms in total. The molecule has 248 valence electrons. The van der Waals surface area contributed by atoms with E-state index < -0.39 is 37.8 Å². The van der Waals surface area contributed by atoms with Gasteiger partial charge in [0.25, 0.3) is 8.32 Å². The van der Waals surface area contributed by atoms with E-state index in [2.05, 4.69) is 88.4 Å². The van der Waals surface area contributed by atoms with Crippen molar-refractivity contribution < 1.29 is 29.2 Å². The molecule has 1 saturated carbocycles. The van der Waals surface area contributed by atoms with Crippen LogP contribution in [-0.2, 0) is 13.9 Å². The zero-order valence-corrected chi connectivity index (χ0v) is 29.4. The maximum Gasteiger partial charge on any atom is 0.261 e. The third kappa shape index (κ3) is 6.91. The Bertz CT molecular complexity index is 1240. The zero-order chi connectivity index (χ0) is 32.6. The Morgan fingerprint density at radius 1 is 0.844 bits per heavy atom. The Morgan fingerprint density at radius 2 is 1.40 bits per heavy atom. The van der Waals surface area contributed by atoms with Gasteiger partial charge >= 0.3 is 0 Å². The molecular weight excluding hydrogens is 580 g/mol. The van der Waals surface area contributed by atoms with Crippen molar-refractivity contribution in [2.75, 3.05) is 6.61 Å². The lowest BCUT2D eigenvalue weighted by Crippen LogP contribution is -2.66. The smallest absolute Gasteiger partial charge is 0.261 e. The molecule has 5 rings (SSSR count). The van der Waals surface area contributed by atoms with E-state index in [1.165, 1.54) is 10.4 Å². The van der Waals surface area contributed by atoms with Gasteiger partial charge in [0.15, 0.2) is 5.79 Å². The average molecular weight is 637 g/mol. The van der Waals surface area contributed by atoms with E-state index in [1.807, 2.05) is 26.8 Å². The molecule has 2 fully saturated rings. The molecule has 1 unspecified atom stereocenters. The van der Waals surface area contributed by atoms with Crippen LogP contribution in [-0.4, -0.2) is 66.0 Å². The molecule has 0 bridgehead atoms. The second-order valence-corrected chi connectivity index (χ2v) is 19.8. The van der Waals surface area contributed by atoms with Crippen molar-refractivity contribution in [3.63, 3.8) is 0 Å². The fourth-order valence-electron chi connectivity index (χ4n) is 8.73. The second kappa shape index (κ2) is 13.3. The normalized spacial score (nSPS) is 35.2. The first kappa shape index (κ1) is 34.5. The number of aliphatic hydroxyl groups excluding tert-OH is 2. The third-order valence-electron chi connectivity index (χ3n) is 10.8. The molecule has 2 aromatic carbocycles. The minimum Gasteiger partial charge on any atom is -0.407 e.